The van der Waals surface area contributed by atoms with Crippen molar-refractivity contribution in [3.63, 3.8) is 0 Å². The molecule has 1 fully saturated rings. The summed E-state index contributed by atoms with van der Waals surface area (Å²) in [4.78, 5) is 34.0. The van der Waals surface area contributed by atoms with Crippen molar-refractivity contribution in [3.8, 4) is 0 Å². The third-order valence-corrected chi connectivity index (χ3v) is 5.59. The lowest BCUT2D eigenvalue weighted by molar-refractivity contribution is -0.120. The van der Waals surface area contributed by atoms with Crippen LogP contribution < -0.4 is 15.9 Å². The van der Waals surface area contributed by atoms with Crippen molar-refractivity contribution < 1.29 is 9.53 Å². The minimum atomic E-state index is -0.330. The van der Waals surface area contributed by atoms with Crippen LogP contribution in [0.15, 0.2) is 47.3 Å². The van der Waals surface area contributed by atoms with E-state index in [1.807, 2.05) is 31.0 Å². The first-order chi connectivity index (χ1) is 14.5. The summed E-state index contributed by atoms with van der Waals surface area (Å²) < 4.78 is 5.47. The molecule has 158 valence electrons. The Labute approximate surface area is 174 Å². The topological polar surface area (TPSA) is 93.5 Å². The fraction of sp³-hybridized carbons (Fsp3) is 0.364. The molecular formula is C22H27N5O3. The average molecular weight is 409 g/mol. The third-order valence-electron chi connectivity index (χ3n) is 5.59. The number of hydrogen-bond donors (Lipinski definition) is 3. The zero-order valence-electron chi connectivity index (χ0n) is 17.3. The maximum absolute atomic E-state index is 12.8. The molecule has 0 radical (unpaired) electrons. The van der Waals surface area contributed by atoms with Crippen LogP contribution in [0.25, 0.3) is 11.0 Å². The molecule has 4 rings (SSSR count). The van der Waals surface area contributed by atoms with Crippen molar-refractivity contribution in [3.05, 3.63) is 58.5 Å². The number of anilines is 2. The van der Waals surface area contributed by atoms with E-state index < -0.39 is 0 Å². The highest BCUT2D eigenvalue weighted by atomic mass is 16.5. The summed E-state index contributed by atoms with van der Waals surface area (Å²) >= 11 is 0. The first-order valence-corrected chi connectivity index (χ1v) is 10.1. The molecule has 8 heteroatoms. The molecule has 0 bridgehead atoms. The molecule has 0 saturated carbocycles. The number of carbonyl (C=O) groups is 1. The zero-order valence-corrected chi connectivity index (χ0v) is 17.3. The van der Waals surface area contributed by atoms with Gasteiger partial charge in [0.1, 0.15) is 0 Å². The van der Waals surface area contributed by atoms with E-state index in [4.69, 9.17) is 4.74 Å². The van der Waals surface area contributed by atoms with Crippen LogP contribution in [0.4, 0.5) is 11.4 Å². The summed E-state index contributed by atoms with van der Waals surface area (Å²) in [6.07, 6.45) is 0. The van der Waals surface area contributed by atoms with Gasteiger partial charge < -0.3 is 24.9 Å². The molecule has 1 atom stereocenters. The van der Waals surface area contributed by atoms with Crippen molar-refractivity contribution in [1.29, 1.82) is 0 Å². The van der Waals surface area contributed by atoms with E-state index >= 15 is 0 Å². The van der Waals surface area contributed by atoms with Gasteiger partial charge in [-0.3, -0.25) is 9.69 Å². The van der Waals surface area contributed by atoms with E-state index in [9.17, 15) is 9.59 Å². The van der Waals surface area contributed by atoms with Gasteiger partial charge in [0.25, 0.3) is 0 Å². The Kier molecular flexibility index (Phi) is 5.87. The molecule has 1 aromatic heterocycles. The largest absolute Gasteiger partial charge is 0.378 e. The molecule has 0 aliphatic carbocycles. The number of amides is 1. The molecule has 3 N–H and O–H groups in total. The molecule has 1 amide bonds. The Morgan fingerprint density at radius 2 is 1.90 bits per heavy atom. The van der Waals surface area contributed by atoms with E-state index in [1.54, 1.807) is 18.2 Å². The number of hydrogen-bond acceptors (Lipinski definition) is 5. The molecule has 1 saturated heterocycles. The maximum atomic E-state index is 12.8. The van der Waals surface area contributed by atoms with Gasteiger partial charge in [0.15, 0.2) is 0 Å². The lowest BCUT2D eigenvalue weighted by Gasteiger charge is -2.32. The number of imidazole rings is 1. The highest BCUT2D eigenvalue weighted by Crippen LogP contribution is 2.23. The third kappa shape index (κ3) is 4.39. The fourth-order valence-corrected chi connectivity index (χ4v) is 3.72. The minimum Gasteiger partial charge on any atom is -0.378 e. The van der Waals surface area contributed by atoms with Gasteiger partial charge in [0.2, 0.25) is 5.91 Å². The molecule has 2 heterocycles. The van der Waals surface area contributed by atoms with Crippen molar-refractivity contribution in [2.24, 2.45) is 0 Å². The molecule has 30 heavy (non-hydrogen) atoms. The normalized spacial score (nSPS) is 15.5. The first-order valence-electron chi connectivity index (χ1n) is 10.1. The van der Waals surface area contributed by atoms with Crippen molar-refractivity contribution >= 4 is 28.3 Å². The number of nitrogens with zero attached hydrogens (tertiary/aromatic N) is 2. The summed E-state index contributed by atoms with van der Waals surface area (Å²) in [5.41, 5.74) is 4.15. The summed E-state index contributed by atoms with van der Waals surface area (Å²) in [7, 11) is 1.95. The van der Waals surface area contributed by atoms with Gasteiger partial charge in [-0.2, -0.15) is 0 Å². The van der Waals surface area contributed by atoms with Gasteiger partial charge in [-0.15, -0.1) is 0 Å². The quantitative estimate of drug-likeness (QED) is 0.580. The second-order valence-corrected chi connectivity index (χ2v) is 7.65. The molecule has 8 nitrogen and oxygen atoms in total. The maximum Gasteiger partial charge on any atom is 0.323 e. The summed E-state index contributed by atoms with van der Waals surface area (Å²) in [6.45, 7) is 5.77. The van der Waals surface area contributed by atoms with E-state index in [0.29, 0.717) is 23.3 Å². The molecule has 2 aromatic carbocycles. The van der Waals surface area contributed by atoms with Crippen LogP contribution in [0.2, 0.25) is 0 Å². The van der Waals surface area contributed by atoms with Crippen molar-refractivity contribution in [2.75, 3.05) is 43.6 Å². The van der Waals surface area contributed by atoms with Crippen LogP contribution >= 0.6 is 0 Å². The van der Waals surface area contributed by atoms with Crippen LogP contribution in [0.3, 0.4) is 0 Å². The highest BCUT2D eigenvalue weighted by molar-refractivity contribution is 5.96. The Morgan fingerprint density at radius 1 is 1.17 bits per heavy atom. The number of fused-ring (bicyclic) bond motifs is 1. The van der Waals surface area contributed by atoms with Crippen LogP contribution in [0.1, 0.15) is 12.5 Å². The first kappa shape index (κ1) is 20.2. The average Bonchev–Trinajstić information content (AvgIpc) is 3.13. The Bertz CT molecular complexity index is 1080. The molecular weight excluding hydrogens is 382 g/mol. The highest BCUT2D eigenvalue weighted by Gasteiger charge is 2.21. The molecule has 3 aromatic rings. The number of para-hydroxylation sites is 1. The summed E-state index contributed by atoms with van der Waals surface area (Å²) in [5, 5.41) is 2.94. The Hall–Kier alpha value is -3.10. The fourth-order valence-electron chi connectivity index (χ4n) is 3.72. The number of nitrogens with one attached hydrogen (secondary N) is 3. The number of likely N-dealkylation sites (N-methyl/N-ethyl adjacent to an activating group) is 1. The smallest absolute Gasteiger partial charge is 0.323 e. The number of rotatable bonds is 6. The lowest BCUT2D eigenvalue weighted by atomic mass is 10.1. The van der Waals surface area contributed by atoms with Crippen molar-refractivity contribution in [1.82, 2.24) is 14.9 Å². The standard InChI is InChI=1S/C22H27N5O3/c1-15(21(28)23-17-7-8-18-19(13-17)25-22(29)24-18)26(2)14-16-5-3-4-6-20(16)27-9-11-30-12-10-27/h3-8,13,15H,9-12,14H2,1-2H3,(H,23,28)(H2,24,25,29)/t15-/m1/s1. The summed E-state index contributed by atoms with van der Waals surface area (Å²) in [6, 6.07) is 13.3. The predicted octanol–water partition coefficient (Wildman–Crippen LogP) is 2.15. The number of morpholine rings is 1. The van der Waals surface area contributed by atoms with Crippen LogP contribution in [-0.4, -0.2) is 60.2 Å². The summed E-state index contributed by atoms with van der Waals surface area (Å²) in [5.74, 6) is -0.0985. The van der Waals surface area contributed by atoms with Crippen molar-refractivity contribution in [2.45, 2.75) is 19.5 Å². The van der Waals surface area contributed by atoms with E-state index in [1.165, 1.54) is 11.3 Å². The number of carbonyl (C=O) groups excluding carboxylic acids is 1. The molecule has 0 unspecified atom stereocenters. The molecule has 1 aliphatic heterocycles. The van der Waals surface area contributed by atoms with Gasteiger partial charge in [-0.25, -0.2) is 4.79 Å². The Morgan fingerprint density at radius 3 is 2.70 bits per heavy atom. The second-order valence-electron chi connectivity index (χ2n) is 7.65. The Balaban J connectivity index is 1.43. The minimum absolute atomic E-state index is 0.0985. The van der Waals surface area contributed by atoms with Gasteiger partial charge in [0.05, 0.1) is 30.3 Å². The van der Waals surface area contributed by atoms with Gasteiger partial charge >= 0.3 is 5.69 Å². The van der Waals surface area contributed by atoms with Gasteiger partial charge in [0, 0.05) is 31.0 Å². The van der Waals surface area contributed by atoms with E-state index in [2.05, 4.69) is 32.3 Å². The van der Waals surface area contributed by atoms with Gasteiger partial charge in [-0.05, 0) is 43.8 Å². The molecule has 1 aliphatic rings. The predicted molar refractivity (Wildman–Crippen MR) is 118 cm³/mol. The van der Waals surface area contributed by atoms with Crippen LogP contribution in [0, 0.1) is 0 Å². The van der Waals surface area contributed by atoms with Crippen LogP contribution in [-0.2, 0) is 16.1 Å². The number of benzene rings is 2. The molecule has 0 spiro atoms. The van der Waals surface area contributed by atoms with E-state index in [0.717, 1.165) is 26.3 Å². The zero-order chi connectivity index (χ0) is 21.1. The number of H-pyrrole nitrogens is 2. The van der Waals surface area contributed by atoms with Crippen LogP contribution in [0.5, 0.6) is 0 Å². The van der Waals surface area contributed by atoms with E-state index in [-0.39, 0.29) is 17.6 Å². The monoisotopic (exact) mass is 409 g/mol. The SMILES string of the molecule is C[C@H](C(=O)Nc1ccc2[nH]c(=O)[nH]c2c1)N(C)Cc1ccccc1N1CCOCC1. The van der Waals surface area contributed by atoms with Gasteiger partial charge in [-0.1, -0.05) is 18.2 Å². The number of ether oxygens (including phenoxy) is 1. The number of aromatic amines is 2. The number of aromatic nitrogens is 2. The second kappa shape index (κ2) is 8.73. The lowest BCUT2D eigenvalue weighted by Crippen LogP contribution is -2.40.